The minimum absolute atomic E-state index is 0.0321. The van der Waals surface area contributed by atoms with E-state index in [4.69, 9.17) is 4.74 Å². The third-order valence-corrected chi connectivity index (χ3v) is 6.50. The molecule has 4 heterocycles. The summed E-state index contributed by atoms with van der Waals surface area (Å²) < 4.78 is 38.2. The molecule has 194 valence electrons. The van der Waals surface area contributed by atoms with Crippen LogP contribution in [0.25, 0.3) is 16.8 Å². The van der Waals surface area contributed by atoms with Crippen LogP contribution in [0.1, 0.15) is 43.0 Å². The fourth-order valence-electron chi connectivity index (χ4n) is 4.45. The van der Waals surface area contributed by atoms with Crippen molar-refractivity contribution in [2.24, 2.45) is 5.41 Å². The van der Waals surface area contributed by atoms with Crippen LogP contribution in [0.3, 0.4) is 0 Å². The Kier molecular flexibility index (Phi) is 6.45. The third kappa shape index (κ3) is 4.93. The molecule has 0 saturated carbocycles. The summed E-state index contributed by atoms with van der Waals surface area (Å²) in [5.74, 6) is -1.13. The number of anilines is 2. The van der Waals surface area contributed by atoms with Gasteiger partial charge >= 0.3 is 0 Å². The summed E-state index contributed by atoms with van der Waals surface area (Å²) in [6, 6.07) is 5.07. The van der Waals surface area contributed by atoms with Crippen LogP contribution in [0.5, 0.6) is 0 Å². The van der Waals surface area contributed by atoms with Gasteiger partial charge in [0, 0.05) is 48.9 Å². The molecule has 1 aliphatic rings. The summed E-state index contributed by atoms with van der Waals surface area (Å²) in [6.07, 6.45) is 6.76. The Hall–Kier alpha value is -3.79. The summed E-state index contributed by atoms with van der Waals surface area (Å²) in [4.78, 5) is 19.6. The Morgan fingerprint density at radius 1 is 1.16 bits per heavy atom. The molecular weight excluding hydrogens is 478 g/mol. The van der Waals surface area contributed by atoms with Gasteiger partial charge in [0.15, 0.2) is 11.9 Å². The van der Waals surface area contributed by atoms with Crippen LogP contribution in [0.15, 0.2) is 49.2 Å². The number of fused-ring (bicyclic) bond motifs is 1. The number of rotatable bonds is 5. The predicted molar refractivity (Wildman–Crippen MR) is 138 cm³/mol. The molecule has 0 spiro atoms. The van der Waals surface area contributed by atoms with Crippen molar-refractivity contribution in [3.05, 3.63) is 66.1 Å². The standard InChI is InChI=1S/C27H30F2N6O2/c1-17-11-21(28)22(32-25(36)19-14-31-35(16-19)26(29)27(2,3)4)13-20(17)18-12-23(33-7-9-37-10-8-33)24-30-5-6-34(24)15-18/h5-6,11-16,26H,7-10H2,1-4H3,(H,32,36). The van der Waals surface area contributed by atoms with E-state index in [1.54, 1.807) is 33.0 Å². The van der Waals surface area contributed by atoms with E-state index in [-0.39, 0.29) is 11.3 Å². The molecule has 4 aromatic rings. The van der Waals surface area contributed by atoms with Crippen molar-refractivity contribution in [2.45, 2.75) is 34.0 Å². The molecule has 1 unspecified atom stereocenters. The number of imidazole rings is 1. The highest BCUT2D eigenvalue weighted by molar-refractivity contribution is 6.04. The van der Waals surface area contributed by atoms with Gasteiger partial charge in [-0.2, -0.15) is 5.10 Å². The minimum Gasteiger partial charge on any atom is -0.378 e. The first-order chi connectivity index (χ1) is 17.6. The first kappa shape index (κ1) is 24.9. The molecule has 1 aromatic carbocycles. The number of carbonyl (C=O) groups excluding carboxylic acids is 1. The van der Waals surface area contributed by atoms with Crippen LogP contribution in [0.4, 0.5) is 20.2 Å². The molecule has 1 N–H and O–H groups in total. The number of ether oxygens (including phenoxy) is 1. The average Bonchev–Trinajstić information content (AvgIpc) is 3.54. The van der Waals surface area contributed by atoms with E-state index >= 15 is 0 Å². The summed E-state index contributed by atoms with van der Waals surface area (Å²) in [6.45, 7) is 9.83. The third-order valence-electron chi connectivity index (χ3n) is 6.50. The van der Waals surface area contributed by atoms with Gasteiger partial charge in [-0.25, -0.2) is 18.4 Å². The molecule has 1 amide bonds. The lowest BCUT2D eigenvalue weighted by atomic mass is 9.95. The van der Waals surface area contributed by atoms with E-state index in [9.17, 15) is 13.6 Å². The molecule has 3 aromatic heterocycles. The number of hydrogen-bond donors (Lipinski definition) is 1. The Morgan fingerprint density at radius 3 is 2.65 bits per heavy atom. The van der Waals surface area contributed by atoms with Gasteiger partial charge in [0.2, 0.25) is 0 Å². The van der Waals surface area contributed by atoms with Gasteiger partial charge in [0.05, 0.1) is 36.3 Å². The fourth-order valence-corrected chi connectivity index (χ4v) is 4.45. The zero-order chi connectivity index (χ0) is 26.3. The summed E-state index contributed by atoms with van der Waals surface area (Å²) in [7, 11) is 0. The van der Waals surface area contributed by atoms with E-state index in [1.807, 2.05) is 29.8 Å². The molecule has 0 radical (unpaired) electrons. The molecule has 10 heteroatoms. The molecule has 8 nitrogen and oxygen atoms in total. The number of carbonyl (C=O) groups is 1. The van der Waals surface area contributed by atoms with Crippen LogP contribution in [0, 0.1) is 18.2 Å². The molecule has 37 heavy (non-hydrogen) atoms. The second-order valence-electron chi connectivity index (χ2n) is 10.4. The van der Waals surface area contributed by atoms with Crippen molar-refractivity contribution >= 4 is 22.9 Å². The second kappa shape index (κ2) is 9.59. The van der Waals surface area contributed by atoms with Gasteiger partial charge in [0.1, 0.15) is 5.82 Å². The maximum Gasteiger partial charge on any atom is 0.258 e. The number of amides is 1. The average molecular weight is 509 g/mol. The molecule has 1 aliphatic heterocycles. The van der Waals surface area contributed by atoms with E-state index in [2.05, 4.69) is 20.3 Å². The van der Waals surface area contributed by atoms with Crippen LogP contribution >= 0.6 is 0 Å². The molecule has 0 bridgehead atoms. The van der Waals surface area contributed by atoms with Crippen LogP contribution in [-0.4, -0.2) is 51.4 Å². The molecule has 1 atom stereocenters. The van der Waals surface area contributed by atoms with Gasteiger partial charge in [-0.15, -0.1) is 0 Å². The lowest BCUT2D eigenvalue weighted by Gasteiger charge is -2.29. The van der Waals surface area contributed by atoms with E-state index < -0.39 is 23.4 Å². The van der Waals surface area contributed by atoms with Crippen molar-refractivity contribution in [3.8, 4) is 11.1 Å². The highest BCUT2D eigenvalue weighted by Crippen LogP contribution is 2.34. The quantitative estimate of drug-likeness (QED) is 0.399. The number of halogens is 2. The largest absolute Gasteiger partial charge is 0.378 e. The van der Waals surface area contributed by atoms with Crippen LogP contribution < -0.4 is 10.2 Å². The molecule has 5 rings (SSSR count). The maximum atomic E-state index is 15.0. The first-order valence-corrected chi connectivity index (χ1v) is 12.2. The predicted octanol–water partition coefficient (Wildman–Crippen LogP) is 5.25. The first-order valence-electron chi connectivity index (χ1n) is 12.2. The van der Waals surface area contributed by atoms with Gasteiger partial charge in [0.25, 0.3) is 5.91 Å². The lowest BCUT2D eigenvalue weighted by molar-refractivity contribution is 0.0791. The number of pyridine rings is 1. The van der Waals surface area contributed by atoms with E-state index in [0.29, 0.717) is 13.2 Å². The number of benzene rings is 1. The monoisotopic (exact) mass is 508 g/mol. The van der Waals surface area contributed by atoms with Crippen molar-refractivity contribution in [1.29, 1.82) is 0 Å². The number of aromatic nitrogens is 4. The van der Waals surface area contributed by atoms with Crippen LogP contribution in [-0.2, 0) is 4.74 Å². The van der Waals surface area contributed by atoms with Crippen LogP contribution in [0.2, 0.25) is 0 Å². The van der Waals surface area contributed by atoms with Gasteiger partial charge in [-0.3, -0.25) is 4.79 Å². The summed E-state index contributed by atoms with van der Waals surface area (Å²) in [5.41, 5.74) is 3.64. The number of hydrogen-bond acceptors (Lipinski definition) is 5. The van der Waals surface area contributed by atoms with Gasteiger partial charge < -0.3 is 19.4 Å². The maximum absolute atomic E-state index is 15.0. The fraction of sp³-hybridized carbons (Fsp3) is 0.370. The Balaban J connectivity index is 1.47. The van der Waals surface area contributed by atoms with E-state index in [1.165, 1.54) is 18.5 Å². The molecule has 0 aliphatic carbocycles. The Labute approximate surface area is 213 Å². The summed E-state index contributed by atoms with van der Waals surface area (Å²) in [5, 5.41) is 6.62. The number of nitrogens with zero attached hydrogens (tertiary/aromatic N) is 5. The highest BCUT2D eigenvalue weighted by Gasteiger charge is 2.27. The Bertz CT molecular complexity index is 1450. The van der Waals surface area contributed by atoms with Gasteiger partial charge in [-0.05, 0) is 36.2 Å². The van der Waals surface area contributed by atoms with Crippen molar-refractivity contribution in [3.63, 3.8) is 0 Å². The highest BCUT2D eigenvalue weighted by atomic mass is 19.1. The van der Waals surface area contributed by atoms with E-state index in [0.717, 1.165) is 45.8 Å². The van der Waals surface area contributed by atoms with Gasteiger partial charge in [-0.1, -0.05) is 20.8 Å². The normalized spacial score (nSPS) is 15.2. The van der Waals surface area contributed by atoms with Crippen molar-refractivity contribution < 1.29 is 18.3 Å². The zero-order valence-corrected chi connectivity index (χ0v) is 21.3. The topological polar surface area (TPSA) is 76.7 Å². The number of nitrogens with one attached hydrogen (secondary N) is 1. The molecule has 1 fully saturated rings. The van der Waals surface area contributed by atoms with Crippen molar-refractivity contribution in [1.82, 2.24) is 19.2 Å². The lowest BCUT2D eigenvalue weighted by Crippen LogP contribution is -2.36. The summed E-state index contributed by atoms with van der Waals surface area (Å²) >= 11 is 0. The number of alkyl halides is 1. The number of morpholine rings is 1. The SMILES string of the molecule is Cc1cc(F)c(NC(=O)c2cnn(C(F)C(C)(C)C)c2)cc1-c1cc(N2CCOCC2)c2nccn2c1. The number of aryl methyl sites for hydroxylation is 1. The van der Waals surface area contributed by atoms with Crippen molar-refractivity contribution in [2.75, 3.05) is 36.5 Å². The minimum atomic E-state index is -1.41. The molecular formula is C27H30F2N6O2. The Morgan fingerprint density at radius 2 is 1.92 bits per heavy atom. The molecule has 1 saturated heterocycles. The smallest absolute Gasteiger partial charge is 0.258 e. The zero-order valence-electron chi connectivity index (χ0n) is 21.3. The second-order valence-corrected chi connectivity index (χ2v) is 10.4.